The fourth-order valence-corrected chi connectivity index (χ4v) is 2.43. The zero-order chi connectivity index (χ0) is 14.6. The van der Waals surface area contributed by atoms with Crippen LogP contribution in [0.5, 0.6) is 0 Å². The van der Waals surface area contributed by atoms with Gasteiger partial charge in [0.05, 0.1) is 10.6 Å². The average molecular weight is 297 g/mol. The van der Waals surface area contributed by atoms with E-state index < -0.39 is 5.60 Å². The maximum absolute atomic E-state index is 10.1. The Morgan fingerprint density at radius 1 is 1.40 bits per heavy atom. The second kappa shape index (κ2) is 6.59. The molecule has 0 radical (unpaired) electrons. The summed E-state index contributed by atoms with van der Waals surface area (Å²) in [6.07, 6.45) is 0.594. The van der Waals surface area contributed by atoms with Gasteiger partial charge < -0.3 is 20.1 Å². The van der Waals surface area contributed by atoms with Crippen molar-refractivity contribution in [2.24, 2.45) is 0 Å². The highest BCUT2D eigenvalue weighted by atomic mass is 35.5. The molecule has 5 heteroatoms. The Morgan fingerprint density at radius 2 is 2.15 bits per heavy atom. The van der Waals surface area contributed by atoms with Crippen molar-refractivity contribution in [3.05, 3.63) is 35.0 Å². The van der Waals surface area contributed by atoms with Crippen LogP contribution in [0, 0.1) is 0 Å². The highest BCUT2D eigenvalue weighted by Crippen LogP contribution is 2.27. The molecular weight excluding hydrogens is 276 g/mol. The van der Waals surface area contributed by atoms with Gasteiger partial charge in [0.1, 0.15) is 0 Å². The van der Waals surface area contributed by atoms with Gasteiger partial charge in [-0.1, -0.05) is 29.8 Å². The molecule has 20 heavy (non-hydrogen) atoms. The van der Waals surface area contributed by atoms with Gasteiger partial charge in [0, 0.05) is 49.8 Å². The Kier molecular flexibility index (Phi) is 5.05. The first-order valence-corrected chi connectivity index (χ1v) is 7.08. The lowest BCUT2D eigenvalue weighted by molar-refractivity contribution is 0.0247. The van der Waals surface area contributed by atoms with Crippen molar-refractivity contribution in [3.63, 3.8) is 0 Å². The number of aromatic amines is 1. The van der Waals surface area contributed by atoms with Crippen LogP contribution in [0.4, 0.5) is 0 Å². The highest BCUT2D eigenvalue weighted by Gasteiger charge is 2.19. The molecule has 0 aliphatic heterocycles. The van der Waals surface area contributed by atoms with Crippen molar-refractivity contribution in [1.82, 2.24) is 10.3 Å². The van der Waals surface area contributed by atoms with E-state index in [0.717, 1.165) is 21.6 Å². The number of nitrogens with one attached hydrogen (secondary N) is 2. The van der Waals surface area contributed by atoms with Gasteiger partial charge in [-0.15, -0.1) is 0 Å². The summed E-state index contributed by atoms with van der Waals surface area (Å²) in [7, 11) is 1.63. The normalized spacial score (nSPS) is 14.6. The first-order valence-electron chi connectivity index (χ1n) is 6.70. The summed E-state index contributed by atoms with van der Waals surface area (Å²) >= 11 is 6.34. The molecule has 3 N–H and O–H groups in total. The lowest BCUT2D eigenvalue weighted by atomic mass is 10.0. The van der Waals surface area contributed by atoms with Crippen LogP contribution in [-0.4, -0.2) is 36.0 Å². The molecule has 1 heterocycles. The van der Waals surface area contributed by atoms with Crippen LogP contribution in [0.15, 0.2) is 24.3 Å². The van der Waals surface area contributed by atoms with E-state index in [1.54, 1.807) is 14.0 Å². The van der Waals surface area contributed by atoms with E-state index >= 15 is 0 Å². The van der Waals surface area contributed by atoms with Crippen LogP contribution < -0.4 is 5.32 Å². The summed E-state index contributed by atoms with van der Waals surface area (Å²) in [5.41, 5.74) is 1.19. The van der Waals surface area contributed by atoms with E-state index in [2.05, 4.69) is 10.3 Å². The predicted octanol–water partition coefficient (Wildman–Crippen LogP) is 2.70. The molecule has 0 saturated heterocycles. The van der Waals surface area contributed by atoms with Crippen molar-refractivity contribution >= 4 is 22.5 Å². The molecule has 1 aromatic heterocycles. The topological polar surface area (TPSA) is 57.3 Å². The molecule has 0 bridgehead atoms. The van der Waals surface area contributed by atoms with Crippen molar-refractivity contribution < 1.29 is 9.84 Å². The van der Waals surface area contributed by atoms with E-state index in [0.29, 0.717) is 26.1 Å². The molecule has 1 aromatic carbocycles. The summed E-state index contributed by atoms with van der Waals surface area (Å²) in [6.45, 7) is 3.42. The molecule has 0 aliphatic carbocycles. The summed E-state index contributed by atoms with van der Waals surface area (Å²) in [6, 6.07) is 7.93. The van der Waals surface area contributed by atoms with E-state index in [4.69, 9.17) is 16.3 Å². The number of H-pyrrole nitrogens is 1. The van der Waals surface area contributed by atoms with Crippen LogP contribution >= 0.6 is 11.6 Å². The quantitative estimate of drug-likeness (QED) is 0.736. The molecule has 2 rings (SSSR count). The number of ether oxygens (including phenoxy) is 1. The number of hydrogen-bond acceptors (Lipinski definition) is 3. The Labute approximate surface area is 124 Å². The number of rotatable bonds is 7. The minimum atomic E-state index is -0.783. The summed E-state index contributed by atoms with van der Waals surface area (Å²) in [5, 5.41) is 15.1. The first-order chi connectivity index (χ1) is 9.53. The monoisotopic (exact) mass is 296 g/mol. The molecule has 0 saturated carbocycles. The molecule has 4 nitrogen and oxygen atoms in total. The number of hydrogen-bond donors (Lipinski definition) is 3. The van der Waals surface area contributed by atoms with Crippen molar-refractivity contribution in [3.8, 4) is 0 Å². The minimum absolute atomic E-state index is 0.488. The number of halogens is 1. The zero-order valence-electron chi connectivity index (χ0n) is 11.9. The lowest BCUT2D eigenvalue weighted by Gasteiger charge is -2.23. The Hall–Kier alpha value is -1.07. The second-order valence-corrected chi connectivity index (χ2v) is 5.68. The van der Waals surface area contributed by atoms with E-state index in [-0.39, 0.29) is 0 Å². The molecule has 0 fully saturated rings. The van der Waals surface area contributed by atoms with Gasteiger partial charge >= 0.3 is 0 Å². The van der Waals surface area contributed by atoms with Gasteiger partial charge in [-0.3, -0.25) is 0 Å². The summed E-state index contributed by atoms with van der Waals surface area (Å²) < 4.78 is 4.99. The second-order valence-electron chi connectivity index (χ2n) is 5.31. The van der Waals surface area contributed by atoms with Gasteiger partial charge in [-0.25, -0.2) is 0 Å². The molecule has 110 valence electrons. The third-order valence-electron chi connectivity index (χ3n) is 3.37. The number of aromatic nitrogens is 1. The number of para-hydroxylation sites is 1. The van der Waals surface area contributed by atoms with Gasteiger partial charge in [0.25, 0.3) is 0 Å². The van der Waals surface area contributed by atoms with E-state index in [1.807, 2.05) is 24.3 Å². The third-order valence-corrected chi connectivity index (χ3v) is 3.80. The van der Waals surface area contributed by atoms with Crippen molar-refractivity contribution in [2.45, 2.75) is 25.5 Å². The number of methoxy groups -OCH3 is 1. The van der Waals surface area contributed by atoms with Crippen molar-refractivity contribution in [1.29, 1.82) is 0 Å². The molecule has 0 spiro atoms. The SMILES string of the molecule is COCCC(C)(O)CNCc1[nH]c2ccccc2c1Cl. The maximum Gasteiger partial charge on any atom is 0.0765 e. The third kappa shape index (κ3) is 3.73. The molecule has 2 aromatic rings. The Bertz CT molecular complexity index is 566. The standard InChI is InChI=1S/C15H21ClN2O2/c1-15(19,7-8-20-2)10-17-9-13-14(16)11-5-3-4-6-12(11)18-13/h3-6,17-19H,7-10H2,1-2H3. The summed E-state index contributed by atoms with van der Waals surface area (Å²) in [5.74, 6) is 0. The van der Waals surface area contributed by atoms with Crippen LogP contribution in [0.25, 0.3) is 10.9 Å². The van der Waals surface area contributed by atoms with Gasteiger partial charge in [-0.05, 0) is 13.0 Å². The zero-order valence-corrected chi connectivity index (χ0v) is 12.6. The predicted molar refractivity (Wildman–Crippen MR) is 82.1 cm³/mol. The smallest absolute Gasteiger partial charge is 0.0765 e. The number of fused-ring (bicyclic) bond motifs is 1. The lowest BCUT2D eigenvalue weighted by Crippen LogP contribution is -2.38. The molecule has 1 atom stereocenters. The fraction of sp³-hybridized carbons (Fsp3) is 0.467. The maximum atomic E-state index is 10.1. The van der Waals surface area contributed by atoms with E-state index in [9.17, 15) is 5.11 Å². The first kappa shape index (κ1) is 15.3. The van der Waals surface area contributed by atoms with Crippen LogP contribution in [0.3, 0.4) is 0 Å². The minimum Gasteiger partial charge on any atom is -0.389 e. The number of aliphatic hydroxyl groups is 1. The number of benzene rings is 1. The average Bonchev–Trinajstić information content (AvgIpc) is 2.74. The molecule has 0 aliphatic rings. The van der Waals surface area contributed by atoms with Crippen molar-refractivity contribution in [2.75, 3.05) is 20.3 Å². The van der Waals surface area contributed by atoms with Crippen LogP contribution in [-0.2, 0) is 11.3 Å². The van der Waals surface area contributed by atoms with Gasteiger partial charge in [0.2, 0.25) is 0 Å². The molecule has 0 amide bonds. The van der Waals surface area contributed by atoms with Crippen LogP contribution in [0.2, 0.25) is 5.02 Å². The highest BCUT2D eigenvalue weighted by molar-refractivity contribution is 6.36. The Balaban J connectivity index is 1.94. The summed E-state index contributed by atoms with van der Waals surface area (Å²) in [4.78, 5) is 3.29. The van der Waals surface area contributed by atoms with Gasteiger partial charge in [-0.2, -0.15) is 0 Å². The van der Waals surface area contributed by atoms with Crippen LogP contribution in [0.1, 0.15) is 19.0 Å². The molecular formula is C15H21ClN2O2. The fourth-order valence-electron chi connectivity index (χ4n) is 2.15. The van der Waals surface area contributed by atoms with Gasteiger partial charge in [0.15, 0.2) is 0 Å². The largest absolute Gasteiger partial charge is 0.389 e. The van der Waals surface area contributed by atoms with E-state index in [1.165, 1.54) is 0 Å². The Morgan fingerprint density at radius 3 is 2.85 bits per heavy atom. The molecule has 1 unspecified atom stereocenters.